The number of aryl methyl sites for hydroxylation is 1. The summed E-state index contributed by atoms with van der Waals surface area (Å²) in [5, 5.41) is 0. The van der Waals surface area contributed by atoms with Crippen LogP contribution in [0.25, 0.3) is 0 Å². The van der Waals surface area contributed by atoms with Crippen LogP contribution in [0.1, 0.15) is 25.3 Å². The average molecular weight is 237 g/mol. The molecule has 0 aliphatic carbocycles. The highest BCUT2D eigenvalue weighted by molar-refractivity contribution is 9.10. The second-order valence-corrected chi connectivity index (χ2v) is 3.65. The predicted octanol–water partition coefficient (Wildman–Crippen LogP) is 3.80. The second kappa shape index (κ2) is 5.83. The molecule has 0 heterocycles. The van der Waals surface area contributed by atoms with Crippen LogP contribution in [0, 0.1) is 11.8 Å². The van der Waals surface area contributed by atoms with Crippen molar-refractivity contribution in [3.63, 3.8) is 0 Å². The molecule has 0 saturated heterocycles. The zero-order valence-corrected chi connectivity index (χ0v) is 9.39. The highest BCUT2D eigenvalue weighted by Gasteiger charge is 1.95. The Morgan fingerprint density at radius 1 is 1.23 bits per heavy atom. The Balaban J connectivity index is 2.50. The monoisotopic (exact) mass is 236 g/mol. The summed E-state index contributed by atoms with van der Waals surface area (Å²) in [4.78, 5) is 0. The van der Waals surface area contributed by atoms with Crippen molar-refractivity contribution >= 4 is 15.9 Å². The van der Waals surface area contributed by atoms with Gasteiger partial charge in [-0.2, -0.15) is 0 Å². The molecule has 1 rings (SSSR count). The molecule has 0 aromatic heterocycles. The van der Waals surface area contributed by atoms with Crippen LogP contribution in [0.5, 0.6) is 0 Å². The number of hydrogen-bond acceptors (Lipinski definition) is 0. The number of hydrogen-bond donors (Lipinski definition) is 0. The third kappa shape index (κ3) is 3.65. The zero-order chi connectivity index (χ0) is 9.52. The summed E-state index contributed by atoms with van der Waals surface area (Å²) in [6.07, 6.45) is 2.95. The third-order valence-electron chi connectivity index (χ3n) is 1.78. The van der Waals surface area contributed by atoms with E-state index in [0.717, 1.165) is 19.3 Å². The van der Waals surface area contributed by atoms with Gasteiger partial charge in [-0.1, -0.05) is 41.1 Å². The summed E-state index contributed by atoms with van der Waals surface area (Å²) in [6.45, 7) is 2.07. The molecule has 0 radical (unpaired) electrons. The molecule has 1 aromatic carbocycles. The molecule has 0 nitrogen and oxygen atoms in total. The lowest BCUT2D eigenvalue weighted by molar-refractivity contribution is 1.02. The van der Waals surface area contributed by atoms with Crippen LogP contribution in [-0.2, 0) is 6.42 Å². The van der Waals surface area contributed by atoms with Crippen LogP contribution in [0.3, 0.4) is 0 Å². The fourth-order valence-electron chi connectivity index (χ4n) is 1.11. The van der Waals surface area contributed by atoms with Crippen LogP contribution in [-0.4, -0.2) is 0 Å². The van der Waals surface area contributed by atoms with Gasteiger partial charge in [-0.25, -0.2) is 0 Å². The van der Waals surface area contributed by atoms with E-state index in [1.807, 2.05) is 6.07 Å². The number of benzene rings is 1. The van der Waals surface area contributed by atoms with Crippen molar-refractivity contribution < 1.29 is 0 Å². The van der Waals surface area contributed by atoms with Crippen LogP contribution >= 0.6 is 15.9 Å². The summed E-state index contributed by atoms with van der Waals surface area (Å²) in [5.74, 6) is 6.21. The molecule has 0 atom stereocenters. The van der Waals surface area contributed by atoms with Gasteiger partial charge in [0.2, 0.25) is 0 Å². The molecule has 0 saturated carbocycles. The topological polar surface area (TPSA) is 0 Å². The minimum absolute atomic E-state index is 0.954. The molecule has 0 unspecified atom stereocenters. The molecular formula is C12H13Br. The quantitative estimate of drug-likeness (QED) is 0.686. The van der Waals surface area contributed by atoms with Gasteiger partial charge in [-0.3, -0.25) is 0 Å². The maximum atomic E-state index is 3.52. The van der Waals surface area contributed by atoms with E-state index in [9.17, 15) is 0 Å². The highest BCUT2D eigenvalue weighted by Crippen LogP contribution is 2.16. The fourth-order valence-corrected chi connectivity index (χ4v) is 1.59. The minimum Gasteiger partial charge on any atom is -0.104 e. The summed E-state index contributed by atoms with van der Waals surface area (Å²) in [5.41, 5.74) is 1.34. The smallest absolute Gasteiger partial charge is 0.0207 e. The largest absolute Gasteiger partial charge is 0.104 e. The summed E-state index contributed by atoms with van der Waals surface area (Å²) < 4.78 is 1.19. The molecule has 1 heteroatoms. The third-order valence-corrected chi connectivity index (χ3v) is 2.55. The van der Waals surface area contributed by atoms with Gasteiger partial charge in [0.1, 0.15) is 0 Å². The maximum Gasteiger partial charge on any atom is 0.0207 e. The number of rotatable bonds is 2. The van der Waals surface area contributed by atoms with Gasteiger partial charge in [0.25, 0.3) is 0 Å². The molecule has 0 fully saturated rings. The first-order valence-electron chi connectivity index (χ1n) is 4.53. The molecule has 0 amide bonds. The van der Waals surface area contributed by atoms with E-state index in [0.29, 0.717) is 0 Å². The lowest BCUT2D eigenvalue weighted by Gasteiger charge is -1.99. The Morgan fingerprint density at radius 3 is 2.69 bits per heavy atom. The van der Waals surface area contributed by atoms with E-state index in [1.54, 1.807) is 0 Å². The second-order valence-electron chi connectivity index (χ2n) is 2.80. The van der Waals surface area contributed by atoms with Crippen LogP contribution < -0.4 is 0 Å². The van der Waals surface area contributed by atoms with Gasteiger partial charge in [0, 0.05) is 17.3 Å². The molecule has 0 spiro atoms. The van der Waals surface area contributed by atoms with E-state index >= 15 is 0 Å². The lowest BCUT2D eigenvalue weighted by Crippen LogP contribution is -1.84. The highest BCUT2D eigenvalue weighted by atomic mass is 79.9. The molecular weight excluding hydrogens is 224 g/mol. The normalized spacial score (nSPS) is 9.08. The van der Waals surface area contributed by atoms with Gasteiger partial charge in [0.05, 0.1) is 0 Å². The maximum absolute atomic E-state index is 3.52. The molecule has 0 bridgehead atoms. The Kier molecular flexibility index (Phi) is 4.64. The standard InChI is InChI=1S/C12H13Br/c1-2-3-4-5-8-11-9-6-7-10-12(11)13/h6-7,9-10H,2,5,8H2,1H3. The molecule has 13 heavy (non-hydrogen) atoms. The van der Waals surface area contributed by atoms with Crippen molar-refractivity contribution in [3.05, 3.63) is 34.3 Å². The van der Waals surface area contributed by atoms with E-state index in [1.165, 1.54) is 10.0 Å². The van der Waals surface area contributed by atoms with Crippen molar-refractivity contribution in [1.82, 2.24) is 0 Å². The molecule has 0 aliphatic heterocycles. The minimum atomic E-state index is 0.954. The number of halogens is 1. The Bertz CT molecular complexity index is 317. The average Bonchev–Trinajstić information content (AvgIpc) is 2.15. The van der Waals surface area contributed by atoms with Gasteiger partial charge in [-0.15, -0.1) is 11.8 Å². The van der Waals surface area contributed by atoms with Crippen molar-refractivity contribution in [1.29, 1.82) is 0 Å². The first kappa shape index (κ1) is 10.3. The van der Waals surface area contributed by atoms with Gasteiger partial charge >= 0.3 is 0 Å². The first-order valence-corrected chi connectivity index (χ1v) is 5.33. The fraction of sp³-hybridized carbons (Fsp3) is 0.333. The SMILES string of the molecule is CCC#CCCc1ccccc1Br. The first-order chi connectivity index (χ1) is 6.34. The van der Waals surface area contributed by atoms with Crippen LogP contribution in [0.15, 0.2) is 28.7 Å². The van der Waals surface area contributed by atoms with E-state index < -0.39 is 0 Å². The van der Waals surface area contributed by atoms with Crippen LogP contribution in [0.4, 0.5) is 0 Å². The van der Waals surface area contributed by atoms with Crippen LogP contribution in [0.2, 0.25) is 0 Å². The Morgan fingerprint density at radius 2 is 2.00 bits per heavy atom. The molecule has 0 N–H and O–H groups in total. The van der Waals surface area contributed by atoms with Gasteiger partial charge in [0.15, 0.2) is 0 Å². The summed E-state index contributed by atoms with van der Waals surface area (Å²) in [7, 11) is 0. The van der Waals surface area contributed by atoms with Crippen molar-refractivity contribution in [3.8, 4) is 11.8 Å². The predicted molar refractivity (Wildman–Crippen MR) is 60.5 cm³/mol. The van der Waals surface area contributed by atoms with Crippen molar-refractivity contribution in [2.24, 2.45) is 0 Å². The Labute approximate surface area is 88.5 Å². The van der Waals surface area contributed by atoms with E-state index in [-0.39, 0.29) is 0 Å². The summed E-state index contributed by atoms with van der Waals surface area (Å²) in [6, 6.07) is 8.30. The van der Waals surface area contributed by atoms with Crippen molar-refractivity contribution in [2.75, 3.05) is 0 Å². The molecule has 68 valence electrons. The van der Waals surface area contributed by atoms with Gasteiger partial charge < -0.3 is 0 Å². The molecule has 0 aliphatic rings. The van der Waals surface area contributed by atoms with Crippen molar-refractivity contribution in [2.45, 2.75) is 26.2 Å². The lowest BCUT2D eigenvalue weighted by atomic mass is 10.1. The van der Waals surface area contributed by atoms with E-state index in [2.05, 4.69) is 52.9 Å². The Hall–Kier alpha value is -0.740. The zero-order valence-electron chi connectivity index (χ0n) is 7.81. The van der Waals surface area contributed by atoms with Gasteiger partial charge in [-0.05, 0) is 18.1 Å². The molecule has 1 aromatic rings. The summed E-state index contributed by atoms with van der Waals surface area (Å²) >= 11 is 3.52. The van der Waals surface area contributed by atoms with E-state index in [4.69, 9.17) is 0 Å².